The minimum absolute atomic E-state index is 0.0383. The number of aliphatic hydroxyl groups is 1. The molecule has 2 aromatic rings. The largest absolute Gasteiger partial charge is 0.484 e. The molecule has 0 unspecified atom stereocenters. The molecule has 1 aliphatic heterocycles. The average Bonchev–Trinajstić information content (AvgIpc) is 2.69. The van der Waals surface area contributed by atoms with Gasteiger partial charge in [0.05, 0.1) is 12.5 Å². The number of hydrogen-bond donors (Lipinski definition) is 2. The van der Waals surface area contributed by atoms with Crippen molar-refractivity contribution in [2.24, 2.45) is 0 Å². The van der Waals surface area contributed by atoms with Gasteiger partial charge in [-0.2, -0.15) is 0 Å². The Morgan fingerprint density at radius 1 is 1.07 bits per heavy atom. The molecular weight excluding hydrogens is 363 g/mol. The van der Waals surface area contributed by atoms with Crippen LogP contribution < -0.4 is 10.1 Å². The molecule has 0 spiro atoms. The first kappa shape index (κ1) is 19.8. The Balaban J connectivity index is 1.45. The summed E-state index contributed by atoms with van der Waals surface area (Å²) in [5.74, 6) is -0.250. The molecule has 6 nitrogen and oxygen atoms in total. The standard InChI is InChI=1S/C21H23FN2O4/c22-16-3-7-19(8-4-16)28-14-20(26)23-17-5-1-15(2-6-17)13-21(27)24-11-9-18(25)10-12-24/h1-8,18,25H,9-14H2,(H,23,26). The van der Waals surface area contributed by atoms with Crippen LogP contribution in [0.3, 0.4) is 0 Å². The Morgan fingerprint density at radius 3 is 2.36 bits per heavy atom. The molecule has 28 heavy (non-hydrogen) atoms. The number of benzene rings is 2. The van der Waals surface area contributed by atoms with Crippen LogP contribution in [0.5, 0.6) is 5.75 Å². The molecule has 0 radical (unpaired) electrons. The van der Waals surface area contributed by atoms with Crippen LogP contribution in [0.1, 0.15) is 18.4 Å². The van der Waals surface area contributed by atoms with Crippen LogP contribution in [-0.2, 0) is 16.0 Å². The van der Waals surface area contributed by atoms with Crippen LogP contribution >= 0.6 is 0 Å². The summed E-state index contributed by atoms with van der Waals surface area (Å²) >= 11 is 0. The highest BCUT2D eigenvalue weighted by molar-refractivity contribution is 5.92. The van der Waals surface area contributed by atoms with Crippen LogP contribution in [-0.4, -0.2) is 47.6 Å². The maximum absolute atomic E-state index is 12.8. The number of carbonyl (C=O) groups is 2. The maximum Gasteiger partial charge on any atom is 0.262 e. The second kappa shape index (κ2) is 9.32. The summed E-state index contributed by atoms with van der Waals surface area (Å²) in [6.07, 6.45) is 1.23. The molecule has 7 heteroatoms. The molecule has 1 fully saturated rings. The van der Waals surface area contributed by atoms with Crippen LogP contribution in [0.4, 0.5) is 10.1 Å². The summed E-state index contributed by atoms with van der Waals surface area (Å²) in [7, 11) is 0. The predicted octanol–water partition coefficient (Wildman–Crippen LogP) is 2.37. The molecule has 0 atom stereocenters. The van der Waals surface area contributed by atoms with Gasteiger partial charge in [0.25, 0.3) is 5.91 Å². The lowest BCUT2D eigenvalue weighted by Crippen LogP contribution is -2.40. The van der Waals surface area contributed by atoms with Gasteiger partial charge in [-0.3, -0.25) is 9.59 Å². The molecule has 2 aromatic carbocycles. The molecule has 0 aliphatic carbocycles. The number of rotatable bonds is 6. The highest BCUT2D eigenvalue weighted by atomic mass is 19.1. The maximum atomic E-state index is 12.8. The first-order valence-electron chi connectivity index (χ1n) is 9.22. The molecule has 1 saturated heterocycles. The van der Waals surface area contributed by atoms with Gasteiger partial charge in [-0.1, -0.05) is 12.1 Å². The van der Waals surface area contributed by atoms with Crippen molar-refractivity contribution < 1.29 is 23.8 Å². The van der Waals surface area contributed by atoms with Gasteiger partial charge in [0.15, 0.2) is 6.61 Å². The number of carbonyl (C=O) groups excluding carboxylic acids is 2. The fourth-order valence-electron chi connectivity index (χ4n) is 2.98. The van der Waals surface area contributed by atoms with Gasteiger partial charge in [0.2, 0.25) is 5.91 Å². The number of hydrogen-bond acceptors (Lipinski definition) is 4. The van der Waals surface area contributed by atoms with Gasteiger partial charge in [-0.05, 0) is 54.8 Å². The summed E-state index contributed by atoms with van der Waals surface area (Å²) in [4.78, 5) is 26.0. The Labute approximate surface area is 162 Å². The molecule has 2 N–H and O–H groups in total. The molecule has 0 bridgehead atoms. The van der Waals surface area contributed by atoms with E-state index >= 15 is 0 Å². The number of likely N-dealkylation sites (tertiary alicyclic amines) is 1. The van der Waals surface area contributed by atoms with E-state index in [1.54, 1.807) is 29.2 Å². The Hall–Kier alpha value is -2.93. The first-order valence-corrected chi connectivity index (χ1v) is 9.22. The normalized spacial score (nSPS) is 14.6. The van der Waals surface area contributed by atoms with Crippen molar-refractivity contribution in [1.82, 2.24) is 4.90 Å². The minimum atomic E-state index is -0.367. The smallest absolute Gasteiger partial charge is 0.262 e. The lowest BCUT2D eigenvalue weighted by Gasteiger charge is -2.29. The van der Waals surface area contributed by atoms with E-state index in [9.17, 15) is 19.1 Å². The van der Waals surface area contributed by atoms with E-state index in [4.69, 9.17) is 4.74 Å². The number of amides is 2. The third-order valence-corrected chi connectivity index (χ3v) is 4.59. The second-order valence-electron chi connectivity index (χ2n) is 6.78. The zero-order valence-corrected chi connectivity index (χ0v) is 15.4. The van der Waals surface area contributed by atoms with Gasteiger partial charge in [-0.25, -0.2) is 4.39 Å². The van der Waals surface area contributed by atoms with E-state index in [-0.39, 0.29) is 36.8 Å². The van der Waals surface area contributed by atoms with Crippen LogP contribution in [0.15, 0.2) is 48.5 Å². The quantitative estimate of drug-likeness (QED) is 0.799. The minimum Gasteiger partial charge on any atom is -0.484 e. The molecule has 1 aliphatic rings. The topological polar surface area (TPSA) is 78.9 Å². The number of nitrogens with zero attached hydrogens (tertiary/aromatic N) is 1. The SMILES string of the molecule is O=C(COc1ccc(F)cc1)Nc1ccc(CC(=O)N2CCC(O)CC2)cc1. The van der Waals surface area contributed by atoms with Crippen molar-refractivity contribution in [3.8, 4) is 5.75 Å². The first-order chi connectivity index (χ1) is 13.5. The zero-order chi connectivity index (χ0) is 19.9. The van der Waals surface area contributed by atoms with Crippen molar-refractivity contribution in [3.63, 3.8) is 0 Å². The molecule has 2 amide bonds. The number of anilines is 1. The lowest BCUT2D eigenvalue weighted by molar-refractivity contribution is -0.132. The Kier molecular flexibility index (Phi) is 6.60. The van der Waals surface area contributed by atoms with Crippen molar-refractivity contribution in [3.05, 3.63) is 59.9 Å². The van der Waals surface area contributed by atoms with Gasteiger partial charge in [0.1, 0.15) is 11.6 Å². The van der Waals surface area contributed by atoms with Crippen molar-refractivity contribution in [2.75, 3.05) is 25.0 Å². The number of aliphatic hydroxyl groups excluding tert-OH is 1. The van der Waals surface area contributed by atoms with Crippen LogP contribution in [0.2, 0.25) is 0 Å². The Bertz CT molecular complexity index is 800. The number of piperidine rings is 1. The van der Waals surface area contributed by atoms with Gasteiger partial charge in [-0.15, -0.1) is 0 Å². The van der Waals surface area contributed by atoms with Crippen molar-refractivity contribution >= 4 is 17.5 Å². The van der Waals surface area contributed by atoms with E-state index in [0.29, 0.717) is 37.4 Å². The number of halogens is 1. The van der Waals surface area contributed by atoms with E-state index in [1.807, 2.05) is 0 Å². The molecule has 1 heterocycles. The second-order valence-corrected chi connectivity index (χ2v) is 6.78. The van der Waals surface area contributed by atoms with Crippen LogP contribution in [0.25, 0.3) is 0 Å². The van der Waals surface area contributed by atoms with Gasteiger partial charge < -0.3 is 20.1 Å². The molecule has 148 valence electrons. The fourth-order valence-corrected chi connectivity index (χ4v) is 2.98. The average molecular weight is 386 g/mol. The molecule has 3 rings (SSSR count). The van der Waals surface area contributed by atoms with Gasteiger partial charge in [0, 0.05) is 18.8 Å². The third kappa shape index (κ3) is 5.79. The highest BCUT2D eigenvalue weighted by Crippen LogP contribution is 2.15. The summed E-state index contributed by atoms with van der Waals surface area (Å²) < 4.78 is 18.1. The summed E-state index contributed by atoms with van der Waals surface area (Å²) in [6.45, 7) is 0.983. The summed E-state index contributed by atoms with van der Waals surface area (Å²) in [5, 5.41) is 12.2. The molecule has 0 aromatic heterocycles. The predicted molar refractivity (Wildman–Crippen MR) is 102 cm³/mol. The molecule has 0 saturated carbocycles. The van der Waals surface area contributed by atoms with Gasteiger partial charge >= 0.3 is 0 Å². The summed E-state index contributed by atoms with van der Waals surface area (Å²) in [5.41, 5.74) is 1.46. The van der Waals surface area contributed by atoms with E-state index in [0.717, 1.165) is 5.56 Å². The van der Waals surface area contributed by atoms with E-state index in [1.165, 1.54) is 24.3 Å². The fraction of sp³-hybridized carbons (Fsp3) is 0.333. The monoisotopic (exact) mass is 386 g/mol. The highest BCUT2D eigenvalue weighted by Gasteiger charge is 2.21. The third-order valence-electron chi connectivity index (χ3n) is 4.59. The number of nitrogens with one attached hydrogen (secondary N) is 1. The van der Waals surface area contributed by atoms with E-state index in [2.05, 4.69) is 5.32 Å². The zero-order valence-electron chi connectivity index (χ0n) is 15.4. The van der Waals surface area contributed by atoms with E-state index < -0.39 is 0 Å². The Morgan fingerprint density at radius 2 is 1.71 bits per heavy atom. The molecular formula is C21H23FN2O4. The van der Waals surface area contributed by atoms with Crippen molar-refractivity contribution in [1.29, 1.82) is 0 Å². The lowest BCUT2D eigenvalue weighted by atomic mass is 10.1. The van der Waals surface area contributed by atoms with Crippen molar-refractivity contribution in [2.45, 2.75) is 25.4 Å². The van der Waals surface area contributed by atoms with Crippen LogP contribution in [0, 0.1) is 5.82 Å². The summed E-state index contributed by atoms with van der Waals surface area (Å²) in [6, 6.07) is 12.5. The number of ether oxygens (including phenoxy) is 1.